The molecule has 3 atom stereocenters. The van der Waals surface area contributed by atoms with E-state index in [2.05, 4.69) is 52.0 Å². The van der Waals surface area contributed by atoms with Crippen molar-refractivity contribution >= 4 is 39.8 Å². The lowest BCUT2D eigenvalue weighted by Crippen LogP contribution is -2.56. The highest BCUT2D eigenvalue weighted by Gasteiger charge is 2.35. The summed E-state index contributed by atoms with van der Waals surface area (Å²) in [5.41, 5.74) is 2.96. The molecule has 1 aliphatic carbocycles. The van der Waals surface area contributed by atoms with Gasteiger partial charge >= 0.3 is 6.01 Å². The molecule has 3 aliphatic rings. The van der Waals surface area contributed by atoms with Gasteiger partial charge in [0, 0.05) is 61.3 Å². The maximum Gasteiger partial charge on any atom is 0.318 e. The molecule has 10 nitrogen and oxygen atoms in total. The Labute approximate surface area is 276 Å². The summed E-state index contributed by atoms with van der Waals surface area (Å²) in [5, 5.41) is 2.67. The summed E-state index contributed by atoms with van der Waals surface area (Å²) < 4.78 is 6.48. The van der Waals surface area contributed by atoms with E-state index in [-0.39, 0.29) is 24.6 Å². The van der Waals surface area contributed by atoms with Gasteiger partial charge in [-0.05, 0) is 58.2 Å². The first kappa shape index (κ1) is 32.0. The number of hydrogen-bond donors (Lipinski definition) is 0. The first-order chi connectivity index (χ1) is 22.3. The van der Waals surface area contributed by atoms with Crippen LogP contribution in [0.3, 0.4) is 0 Å². The molecule has 46 heavy (non-hydrogen) atoms. The van der Waals surface area contributed by atoms with Crippen LogP contribution in [0.2, 0.25) is 5.02 Å². The molecule has 2 aliphatic heterocycles. The summed E-state index contributed by atoms with van der Waals surface area (Å²) in [6, 6.07) is 6.49. The molecule has 242 valence electrons. The van der Waals surface area contributed by atoms with Crippen LogP contribution in [-0.2, 0) is 17.8 Å². The monoisotopic (exact) mass is 642 g/mol. The number of ether oxygens (including phenoxy) is 1. The minimum atomic E-state index is -0.253. The van der Waals surface area contributed by atoms with Crippen LogP contribution in [0.5, 0.6) is 6.01 Å². The Balaban J connectivity index is 1.31. The molecule has 0 bridgehead atoms. The molecular formula is C35H43ClN8O2. The molecule has 11 heteroatoms. The normalized spacial score (nSPS) is 19.7. The van der Waals surface area contributed by atoms with Gasteiger partial charge in [0.25, 0.3) is 0 Å². The van der Waals surface area contributed by atoms with Crippen molar-refractivity contribution in [3.8, 4) is 6.01 Å². The van der Waals surface area contributed by atoms with E-state index < -0.39 is 0 Å². The molecule has 0 spiro atoms. The van der Waals surface area contributed by atoms with Gasteiger partial charge in [-0.25, -0.2) is 6.57 Å². The Hall–Kier alpha value is -3.94. The molecule has 4 heterocycles. The number of benzene rings is 1. The van der Waals surface area contributed by atoms with E-state index in [0.717, 1.165) is 59.0 Å². The number of carbonyl (C=O) groups is 1. The Morgan fingerprint density at radius 2 is 2.04 bits per heavy atom. The number of hydrogen-bond acceptors (Lipinski definition) is 8. The van der Waals surface area contributed by atoms with Crippen LogP contribution in [0.25, 0.3) is 15.6 Å². The third-order valence-corrected chi connectivity index (χ3v) is 10.3. The van der Waals surface area contributed by atoms with Crippen molar-refractivity contribution in [3.05, 3.63) is 70.9 Å². The van der Waals surface area contributed by atoms with Crippen molar-refractivity contribution in [1.29, 1.82) is 0 Å². The van der Waals surface area contributed by atoms with Gasteiger partial charge in [0.2, 0.25) is 12.5 Å². The zero-order chi connectivity index (χ0) is 32.4. The van der Waals surface area contributed by atoms with Crippen molar-refractivity contribution in [2.45, 2.75) is 64.3 Å². The quantitative estimate of drug-likeness (QED) is 0.219. The first-order valence-corrected chi connectivity index (χ1v) is 16.7. The van der Waals surface area contributed by atoms with Crippen LogP contribution in [0, 0.1) is 12.5 Å². The number of rotatable bonds is 10. The summed E-state index contributed by atoms with van der Waals surface area (Å²) in [6.45, 7) is 19.5. The maximum absolute atomic E-state index is 12.6. The van der Waals surface area contributed by atoms with Gasteiger partial charge in [-0.2, -0.15) is 9.97 Å². The van der Waals surface area contributed by atoms with Gasteiger partial charge < -0.3 is 24.3 Å². The van der Waals surface area contributed by atoms with E-state index in [0.29, 0.717) is 43.3 Å². The van der Waals surface area contributed by atoms with Gasteiger partial charge in [0.15, 0.2) is 0 Å². The van der Waals surface area contributed by atoms with Crippen LogP contribution in [-0.4, -0.2) is 95.2 Å². The molecule has 1 saturated heterocycles. The van der Waals surface area contributed by atoms with Crippen LogP contribution in [0.15, 0.2) is 43.2 Å². The predicted octanol–water partition coefficient (Wildman–Crippen LogP) is 5.25. The summed E-state index contributed by atoms with van der Waals surface area (Å²) in [5.74, 6) is 1.44. The number of anilines is 2. The van der Waals surface area contributed by atoms with Crippen LogP contribution >= 0.6 is 11.6 Å². The SMILES string of the molecule is [C-]#[N+]C[C@H]1CN(c2nc(O[C@@H](C)CN(C)[C@H](C)C3CCC3)nc3c2CCN(c2cncc4cccc(Cl)c24)C3)CCN1C(=O)C=C. The number of piperazine rings is 1. The second-order valence-corrected chi connectivity index (χ2v) is 13.3. The predicted molar refractivity (Wildman–Crippen MR) is 182 cm³/mol. The lowest BCUT2D eigenvalue weighted by Gasteiger charge is -2.41. The molecule has 1 aromatic carbocycles. The summed E-state index contributed by atoms with van der Waals surface area (Å²) in [4.78, 5) is 39.5. The topological polar surface area (TPSA) is 82.3 Å². The van der Waals surface area contributed by atoms with Crippen LogP contribution in [0.1, 0.15) is 44.4 Å². The smallest absolute Gasteiger partial charge is 0.318 e. The highest BCUT2D eigenvalue weighted by molar-refractivity contribution is 6.36. The summed E-state index contributed by atoms with van der Waals surface area (Å²) in [6.07, 6.45) is 9.58. The number of carbonyl (C=O) groups excluding carboxylic acids is 1. The van der Waals surface area contributed by atoms with Crippen molar-refractivity contribution in [3.63, 3.8) is 0 Å². The summed E-state index contributed by atoms with van der Waals surface area (Å²) in [7, 11) is 2.17. The molecule has 0 N–H and O–H groups in total. The number of amides is 1. The lowest BCUT2D eigenvalue weighted by atomic mass is 9.80. The average molecular weight is 643 g/mol. The van der Waals surface area contributed by atoms with E-state index in [4.69, 9.17) is 32.9 Å². The fourth-order valence-corrected chi connectivity index (χ4v) is 7.39. The van der Waals surface area contributed by atoms with E-state index in [1.165, 1.54) is 25.3 Å². The van der Waals surface area contributed by atoms with Crippen LogP contribution in [0.4, 0.5) is 11.5 Å². The highest BCUT2D eigenvalue weighted by Crippen LogP contribution is 2.37. The molecule has 6 rings (SSSR count). The molecule has 3 aromatic rings. The Morgan fingerprint density at radius 1 is 1.22 bits per heavy atom. The van der Waals surface area contributed by atoms with Crippen molar-refractivity contribution in [1.82, 2.24) is 24.8 Å². The highest BCUT2D eigenvalue weighted by atomic mass is 35.5. The van der Waals surface area contributed by atoms with Gasteiger partial charge in [-0.3, -0.25) is 14.7 Å². The zero-order valence-electron chi connectivity index (χ0n) is 27.0. The fourth-order valence-electron chi connectivity index (χ4n) is 7.11. The molecule has 1 saturated carbocycles. The number of nitrogens with zero attached hydrogens (tertiary/aromatic N) is 8. The number of aromatic nitrogens is 3. The van der Waals surface area contributed by atoms with Crippen LogP contribution < -0.4 is 14.5 Å². The third kappa shape index (κ3) is 6.49. The summed E-state index contributed by atoms with van der Waals surface area (Å²) >= 11 is 6.70. The fraction of sp³-hybridized carbons (Fsp3) is 0.514. The third-order valence-electron chi connectivity index (χ3n) is 10.00. The largest absolute Gasteiger partial charge is 0.459 e. The molecule has 2 aromatic heterocycles. The minimum Gasteiger partial charge on any atom is -0.459 e. The molecule has 1 amide bonds. The Bertz CT molecular complexity index is 1630. The lowest BCUT2D eigenvalue weighted by molar-refractivity contribution is -0.128. The first-order valence-electron chi connectivity index (χ1n) is 16.3. The van der Waals surface area contributed by atoms with Gasteiger partial charge in [0.05, 0.1) is 29.1 Å². The standard InChI is InChI=1S/C35H43ClN8O2/c1-6-32(45)44-16-15-43(21-27(44)18-37-4)34-28-13-14-42(31-19-38-17-26-11-8-12-29(36)33(26)31)22-30(28)39-35(40-34)46-23(2)20-41(5)24(3)25-9-7-10-25/h6,8,11-12,17,19,23-25,27H,1,7,9-10,13-16,18,20-22H2,2-3,5H3/t23-,24+,27-/m0/s1. The zero-order valence-corrected chi connectivity index (χ0v) is 27.8. The van der Waals surface area contributed by atoms with E-state index in [1.807, 2.05) is 30.6 Å². The molecule has 2 fully saturated rings. The van der Waals surface area contributed by atoms with Crippen molar-refractivity contribution in [2.75, 3.05) is 56.1 Å². The van der Waals surface area contributed by atoms with E-state index in [9.17, 15) is 4.79 Å². The number of pyridine rings is 1. The van der Waals surface area contributed by atoms with E-state index in [1.54, 1.807) is 4.90 Å². The van der Waals surface area contributed by atoms with Gasteiger partial charge in [-0.1, -0.05) is 36.7 Å². The van der Waals surface area contributed by atoms with Crippen molar-refractivity contribution < 1.29 is 9.53 Å². The number of halogens is 1. The van der Waals surface area contributed by atoms with Crippen molar-refractivity contribution in [2.24, 2.45) is 5.92 Å². The van der Waals surface area contributed by atoms with Gasteiger partial charge in [-0.15, -0.1) is 0 Å². The molecular weight excluding hydrogens is 600 g/mol. The average Bonchev–Trinajstić information content (AvgIpc) is 3.02. The Morgan fingerprint density at radius 3 is 2.78 bits per heavy atom. The molecule has 0 radical (unpaired) electrons. The second-order valence-electron chi connectivity index (χ2n) is 12.9. The minimum absolute atomic E-state index is 0.115. The molecule has 0 unspecified atom stereocenters. The Kier molecular flexibility index (Phi) is 9.62. The second kappa shape index (κ2) is 13.8. The number of fused-ring (bicyclic) bond motifs is 2. The number of likely N-dealkylation sites (N-methyl/N-ethyl adjacent to an activating group) is 1. The van der Waals surface area contributed by atoms with Gasteiger partial charge in [0.1, 0.15) is 18.0 Å². The maximum atomic E-state index is 12.6. The van der Waals surface area contributed by atoms with E-state index >= 15 is 0 Å².